The summed E-state index contributed by atoms with van der Waals surface area (Å²) in [6, 6.07) is 0.382. The molecule has 1 aromatic rings. The Morgan fingerprint density at radius 2 is 2.19 bits per heavy atom. The van der Waals surface area contributed by atoms with Crippen LogP contribution >= 0.6 is 0 Å². The molecule has 4 heteroatoms. The van der Waals surface area contributed by atoms with E-state index in [1.165, 1.54) is 12.8 Å². The first kappa shape index (κ1) is 11.2. The number of carbonyl (C=O) groups excluding carboxylic acids is 1. The SMILES string of the molecule is CC1CCC(NC(=O)Cn2ccnc2)CC1. The van der Waals surface area contributed by atoms with Crippen molar-refractivity contribution in [3.63, 3.8) is 0 Å². The Hall–Kier alpha value is -1.32. The fraction of sp³-hybridized carbons (Fsp3) is 0.667. The van der Waals surface area contributed by atoms with Crippen LogP contribution in [0.1, 0.15) is 32.6 Å². The Balaban J connectivity index is 1.75. The summed E-state index contributed by atoms with van der Waals surface area (Å²) < 4.78 is 1.79. The Bertz CT molecular complexity index is 326. The van der Waals surface area contributed by atoms with Gasteiger partial charge in [-0.2, -0.15) is 0 Å². The number of hydrogen-bond acceptors (Lipinski definition) is 2. The molecule has 1 N–H and O–H groups in total. The van der Waals surface area contributed by atoms with E-state index in [1.54, 1.807) is 17.1 Å². The second-order valence-corrected chi connectivity index (χ2v) is 4.76. The number of carbonyl (C=O) groups is 1. The van der Waals surface area contributed by atoms with Crippen LogP contribution in [-0.4, -0.2) is 21.5 Å². The third kappa shape index (κ3) is 3.08. The monoisotopic (exact) mass is 221 g/mol. The van der Waals surface area contributed by atoms with E-state index >= 15 is 0 Å². The van der Waals surface area contributed by atoms with Crippen LogP contribution in [0.15, 0.2) is 18.7 Å². The molecule has 4 nitrogen and oxygen atoms in total. The van der Waals surface area contributed by atoms with Gasteiger partial charge in [0.1, 0.15) is 6.54 Å². The van der Waals surface area contributed by atoms with Gasteiger partial charge in [-0.1, -0.05) is 6.92 Å². The zero-order valence-corrected chi connectivity index (χ0v) is 9.72. The molecular weight excluding hydrogens is 202 g/mol. The van der Waals surface area contributed by atoms with Crippen molar-refractivity contribution in [2.75, 3.05) is 0 Å². The first-order valence-corrected chi connectivity index (χ1v) is 5.99. The van der Waals surface area contributed by atoms with Gasteiger partial charge in [-0.15, -0.1) is 0 Å². The van der Waals surface area contributed by atoms with Crippen molar-refractivity contribution in [3.8, 4) is 0 Å². The average Bonchev–Trinajstić information content (AvgIpc) is 2.74. The molecule has 1 aliphatic rings. The predicted octanol–water partition coefficient (Wildman–Crippen LogP) is 1.58. The number of aromatic nitrogens is 2. The summed E-state index contributed by atoms with van der Waals surface area (Å²) in [7, 11) is 0. The van der Waals surface area contributed by atoms with E-state index in [0.29, 0.717) is 12.6 Å². The Morgan fingerprint density at radius 1 is 1.44 bits per heavy atom. The topological polar surface area (TPSA) is 46.9 Å². The van der Waals surface area contributed by atoms with Crippen molar-refractivity contribution < 1.29 is 4.79 Å². The number of imidazole rings is 1. The molecule has 1 fully saturated rings. The van der Waals surface area contributed by atoms with E-state index in [0.717, 1.165) is 18.8 Å². The lowest BCUT2D eigenvalue weighted by molar-refractivity contribution is -0.122. The van der Waals surface area contributed by atoms with Crippen LogP contribution < -0.4 is 5.32 Å². The molecule has 0 radical (unpaired) electrons. The number of rotatable bonds is 3. The van der Waals surface area contributed by atoms with Crippen LogP contribution in [0.25, 0.3) is 0 Å². The van der Waals surface area contributed by atoms with Crippen molar-refractivity contribution in [1.82, 2.24) is 14.9 Å². The van der Waals surface area contributed by atoms with E-state index in [1.807, 2.05) is 6.20 Å². The van der Waals surface area contributed by atoms with Crippen molar-refractivity contribution in [2.24, 2.45) is 5.92 Å². The van der Waals surface area contributed by atoms with E-state index in [9.17, 15) is 4.79 Å². The van der Waals surface area contributed by atoms with Gasteiger partial charge >= 0.3 is 0 Å². The Morgan fingerprint density at radius 3 is 2.81 bits per heavy atom. The highest BCUT2D eigenvalue weighted by Gasteiger charge is 2.19. The largest absolute Gasteiger partial charge is 0.352 e. The van der Waals surface area contributed by atoms with Gasteiger partial charge in [0.2, 0.25) is 5.91 Å². The molecule has 0 aliphatic heterocycles. The molecule has 1 aliphatic carbocycles. The van der Waals surface area contributed by atoms with E-state index in [-0.39, 0.29) is 5.91 Å². The van der Waals surface area contributed by atoms with Crippen LogP contribution in [0.2, 0.25) is 0 Å². The van der Waals surface area contributed by atoms with Crippen LogP contribution in [0.3, 0.4) is 0 Å². The maximum atomic E-state index is 11.7. The summed E-state index contributed by atoms with van der Waals surface area (Å²) >= 11 is 0. The third-order valence-electron chi connectivity index (χ3n) is 3.27. The lowest BCUT2D eigenvalue weighted by Gasteiger charge is -2.26. The number of hydrogen-bond donors (Lipinski definition) is 1. The lowest BCUT2D eigenvalue weighted by Crippen LogP contribution is -2.39. The molecule has 16 heavy (non-hydrogen) atoms. The molecule has 0 bridgehead atoms. The standard InChI is InChI=1S/C12H19N3O/c1-10-2-4-11(5-3-10)14-12(16)8-15-7-6-13-9-15/h6-7,9-11H,2-5,8H2,1H3,(H,14,16). The maximum Gasteiger partial charge on any atom is 0.240 e. The molecule has 1 amide bonds. The first-order valence-electron chi connectivity index (χ1n) is 5.99. The van der Waals surface area contributed by atoms with Crippen LogP contribution in [0, 0.1) is 5.92 Å². The van der Waals surface area contributed by atoms with E-state index < -0.39 is 0 Å². The molecule has 2 rings (SSSR count). The smallest absolute Gasteiger partial charge is 0.240 e. The highest BCUT2D eigenvalue weighted by molar-refractivity contribution is 5.76. The van der Waals surface area contributed by atoms with Gasteiger partial charge in [0.25, 0.3) is 0 Å². The van der Waals surface area contributed by atoms with Crippen molar-refractivity contribution in [3.05, 3.63) is 18.7 Å². The minimum Gasteiger partial charge on any atom is -0.352 e. The van der Waals surface area contributed by atoms with Crippen molar-refractivity contribution >= 4 is 5.91 Å². The summed E-state index contributed by atoms with van der Waals surface area (Å²) in [6.07, 6.45) is 9.88. The molecule has 1 heterocycles. The average molecular weight is 221 g/mol. The van der Waals surface area contributed by atoms with Crippen molar-refractivity contribution in [2.45, 2.75) is 45.2 Å². The Kier molecular flexibility index (Phi) is 3.59. The van der Waals surface area contributed by atoms with Gasteiger partial charge in [-0.25, -0.2) is 4.98 Å². The normalized spacial score (nSPS) is 25.3. The van der Waals surface area contributed by atoms with Gasteiger partial charge < -0.3 is 9.88 Å². The van der Waals surface area contributed by atoms with Crippen LogP contribution in [0.5, 0.6) is 0 Å². The van der Waals surface area contributed by atoms with Gasteiger partial charge in [-0.3, -0.25) is 4.79 Å². The number of nitrogens with zero attached hydrogens (tertiary/aromatic N) is 2. The molecular formula is C12H19N3O. The highest BCUT2D eigenvalue weighted by Crippen LogP contribution is 2.23. The summed E-state index contributed by atoms with van der Waals surface area (Å²) in [4.78, 5) is 15.6. The third-order valence-corrected chi connectivity index (χ3v) is 3.27. The van der Waals surface area contributed by atoms with Gasteiger partial charge in [0.05, 0.1) is 6.33 Å². The maximum absolute atomic E-state index is 11.7. The van der Waals surface area contributed by atoms with Gasteiger partial charge in [-0.05, 0) is 31.6 Å². The summed E-state index contributed by atoms with van der Waals surface area (Å²) in [6.45, 7) is 2.66. The zero-order valence-electron chi connectivity index (χ0n) is 9.72. The van der Waals surface area contributed by atoms with E-state index in [2.05, 4.69) is 17.2 Å². The quantitative estimate of drug-likeness (QED) is 0.842. The molecule has 0 unspecified atom stereocenters. The second-order valence-electron chi connectivity index (χ2n) is 4.76. The molecule has 0 spiro atoms. The molecule has 1 aromatic heterocycles. The molecule has 0 atom stereocenters. The molecule has 0 aromatic carbocycles. The van der Waals surface area contributed by atoms with Crippen molar-refractivity contribution in [1.29, 1.82) is 0 Å². The summed E-state index contributed by atoms with van der Waals surface area (Å²) in [5.74, 6) is 0.916. The number of amides is 1. The summed E-state index contributed by atoms with van der Waals surface area (Å²) in [5.41, 5.74) is 0. The predicted molar refractivity (Wildman–Crippen MR) is 61.8 cm³/mol. The van der Waals surface area contributed by atoms with E-state index in [4.69, 9.17) is 0 Å². The number of nitrogens with one attached hydrogen (secondary N) is 1. The van der Waals surface area contributed by atoms with Crippen LogP contribution in [0.4, 0.5) is 0 Å². The second kappa shape index (κ2) is 5.14. The molecule has 88 valence electrons. The fourth-order valence-electron chi connectivity index (χ4n) is 2.22. The lowest BCUT2D eigenvalue weighted by atomic mass is 9.87. The fourth-order valence-corrected chi connectivity index (χ4v) is 2.22. The van der Waals surface area contributed by atoms with Gasteiger partial charge in [0.15, 0.2) is 0 Å². The Labute approximate surface area is 96.1 Å². The van der Waals surface area contributed by atoms with Crippen LogP contribution in [-0.2, 0) is 11.3 Å². The highest BCUT2D eigenvalue weighted by atomic mass is 16.2. The molecule has 0 saturated heterocycles. The summed E-state index contributed by atoms with van der Waals surface area (Å²) in [5, 5.41) is 3.09. The van der Waals surface area contributed by atoms with Gasteiger partial charge in [0, 0.05) is 18.4 Å². The zero-order chi connectivity index (χ0) is 11.4. The first-order chi connectivity index (χ1) is 7.74. The molecule has 1 saturated carbocycles. The minimum absolute atomic E-state index is 0.0950. The minimum atomic E-state index is 0.0950.